The van der Waals surface area contributed by atoms with Crippen LogP contribution in [-0.4, -0.2) is 17.5 Å². The van der Waals surface area contributed by atoms with Gasteiger partial charge in [0.1, 0.15) is 11.5 Å². The molecule has 3 aromatic rings. The van der Waals surface area contributed by atoms with Crippen molar-refractivity contribution < 1.29 is 14.3 Å². The van der Waals surface area contributed by atoms with E-state index in [1.54, 1.807) is 18.3 Å². The van der Waals surface area contributed by atoms with Gasteiger partial charge in [-0.05, 0) is 54.5 Å². The fraction of sp³-hybridized carbons (Fsp3) is 0.130. The number of pyridine rings is 1. The molecule has 0 atom stereocenters. The second-order valence-corrected chi connectivity index (χ2v) is 5.97. The lowest BCUT2D eigenvalue weighted by Gasteiger charge is -2.08. The van der Waals surface area contributed by atoms with Crippen molar-refractivity contribution in [2.24, 2.45) is 0 Å². The highest BCUT2D eigenvalue weighted by Crippen LogP contribution is 2.23. The fourth-order valence-corrected chi connectivity index (χ4v) is 2.49. The minimum Gasteiger partial charge on any atom is -0.494 e. The number of aromatic nitrogens is 1. The van der Waals surface area contributed by atoms with Crippen molar-refractivity contribution >= 4 is 12.0 Å². The van der Waals surface area contributed by atoms with Gasteiger partial charge in [-0.3, -0.25) is 4.79 Å². The lowest BCUT2D eigenvalue weighted by atomic mass is 10.2. The van der Waals surface area contributed by atoms with Gasteiger partial charge in [0.15, 0.2) is 0 Å². The van der Waals surface area contributed by atoms with Crippen LogP contribution in [0.15, 0.2) is 79.0 Å². The van der Waals surface area contributed by atoms with Crippen molar-refractivity contribution in [2.75, 3.05) is 6.61 Å². The minimum atomic E-state index is -0.158. The Hall–Kier alpha value is -3.60. The van der Waals surface area contributed by atoms with Crippen LogP contribution >= 0.6 is 0 Å². The summed E-state index contributed by atoms with van der Waals surface area (Å²) in [5.74, 6) is 1.77. The molecular weight excluding hydrogens is 352 g/mol. The molecule has 0 aliphatic heterocycles. The molecule has 0 spiro atoms. The number of ether oxygens (including phenoxy) is 2. The number of nitrogens with one attached hydrogen (secondary N) is 1. The summed E-state index contributed by atoms with van der Waals surface area (Å²) in [5.41, 5.74) is 1.88. The molecule has 1 N–H and O–H groups in total. The summed E-state index contributed by atoms with van der Waals surface area (Å²) < 4.78 is 11.2. The highest BCUT2D eigenvalue weighted by atomic mass is 16.5. The third kappa shape index (κ3) is 5.99. The zero-order valence-corrected chi connectivity index (χ0v) is 15.7. The monoisotopic (exact) mass is 374 g/mol. The van der Waals surface area contributed by atoms with Gasteiger partial charge in [0, 0.05) is 24.9 Å². The summed E-state index contributed by atoms with van der Waals surface area (Å²) in [6.07, 6.45) is 4.96. The van der Waals surface area contributed by atoms with Gasteiger partial charge in [-0.2, -0.15) is 0 Å². The number of hydrogen-bond donors (Lipinski definition) is 1. The Morgan fingerprint density at radius 2 is 1.79 bits per heavy atom. The Balaban J connectivity index is 1.54. The number of carbonyl (C=O) groups is 1. The zero-order valence-electron chi connectivity index (χ0n) is 15.7. The number of hydrogen-bond acceptors (Lipinski definition) is 4. The van der Waals surface area contributed by atoms with Crippen LogP contribution in [0.2, 0.25) is 0 Å². The van der Waals surface area contributed by atoms with Crippen LogP contribution in [0.5, 0.6) is 17.4 Å². The predicted molar refractivity (Wildman–Crippen MR) is 109 cm³/mol. The molecule has 3 rings (SSSR count). The normalized spacial score (nSPS) is 10.6. The molecule has 0 saturated carbocycles. The largest absolute Gasteiger partial charge is 0.494 e. The second-order valence-electron chi connectivity index (χ2n) is 5.97. The van der Waals surface area contributed by atoms with E-state index in [-0.39, 0.29) is 5.91 Å². The molecule has 0 aliphatic rings. The molecular formula is C23H22N2O3. The van der Waals surface area contributed by atoms with Gasteiger partial charge in [-0.15, -0.1) is 0 Å². The van der Waals surface area contributed by atoms with Crippen LogP contribution in [0.25, 0.3) is 6.08 Å². The van der Waals surface area contributed by atoms with E-state index in [1.165, 1.54) is 6.08 Å². The van der Waals surface area contributed by atoms with Gasteiger partial charge >= 0.3 is 0 Å². The molecule has 5 heteroatoms. The maximum atomic E-state index is 12.0. The zero-order chi connectivity index (χ0) is 19.6. The van der Waals surface area contributed by atoms with E-state index in [0.717, 1.165) is 16.9 Å². The summed E-state index contributed by atoms with van der Waals surface area (Å²) >= 11 is 0. The Bertz CT molecular complexity index is 922. The summed E-state index contributed by atoms with van der Waals surface area (Å²) in [6.45, 7) is 2.95. The quantitative estimate of drug-likeness (QED) is 0.585. The summed E-state index contributed by atoms with van der Waals surface area (Å²) in [7, 11) is 0. The van der Waals surface area contributed by atoms with E-state index in [4.69, 9.17) is 9.47 Å². The Labute approximate surface area is 164 Å². The number of benzene rings is 2. The third-order valence-corrected chi connectivity index (χ3v) is 3.85. The molecule has 0 unspecified atom stereocenters. The van der Waals surface area contributed by atoms with Crippen molar-refractivity contribution in [1.29, 1.82) is 0 Å². The van der Waals surface area contributed by atoms with Gasteiger partial charge in [0.25, 0.3) is 0 Å². The number of amides is 1. The van der Waals surface area contributed by atoms with Gasteiger partial charge in [0.05, 0.1) is 6.61 Å². The van der Waals surface area contributed by atoms with Crippen LogP contribution < -0.4 is 14.8 Å². The topological polar surface area (TPSA) is 60.5 Å². The highest BCUT2D eigenvalue weighted by Gasteiger charge is 2.03. The Kier molecular flexibility index (Phi) is 6.79. The molecule has 0 saturated heterocycles. The van der Waals surface area contributed by atoms with Crippen molar-refractivity contribution in [3.05, 3.63) is 90.1 Å². The molecule has 0 radical (unpaired) electrons. The Morgan fingerprint density at radius 1 is 1.04 bits per heavy atom. The molecule has 0 aliphatic carbocycles. The van der Waals surface area contributed by atoms with Gasteiger partial charge in [-0.25, -0.2) is 4.98 Å². The van der Waals surface area contributed by atoms with E-state index in [1.807, 2.05) is 67.6 Å². The smallest absolute Gasteiger partial charge is 0.244 e. The maximum Gasteiger partial charge on any atom is 0.244 e. The van der Waals surface area contributed by atoms with E-state index in [9.17, 15) is 4.79 Å². The number of carbonyl (C=O) groups excluding carboxylic acids is 1. The van der Waals surface area contributed by atoms with Crippen LogP contribution in [0.4, 0.5) is 0 Å². The van der Waals surface area contributed by atoms with Crippen LogP contribution in [0.1, 0.15) is 18.1 Å². The molecule has 5 nitrogen and oxygen atoms in total. The van der Waals surface area contributed by atoms with E-state index < -0.39 is 0 Å². The fourth-order valence-electron chi connectivity index (χ4n) is 2.49. The molecule has 1 aromatic heterocycles. The van der Waals surface area contributed by atoms with E-state index in [2.05, 4.69) is 10.3 Å². The molecule has 28 heavy (non-hydrogen) atoms. The molecule has 142 valence electrons. The average molecular weight is 374 g/mol. The minimum absolute atomic E-state index is 0.158. The van der Waals surface area contributed by atoms with Crippen LogP contribution in [0.3, 0.4) is 0 Å². The lowest BCUT2D eigenvalue weighted by molar-refractivity contribution is -0.116. The Morgan fingerprint density at radius 3 is 2.54 bits per heavy atom. The van der Waals surface area contributed by atoms with Crippen LogP contribution in [-0.2, 0) is 11.3 Å². The maximum absolute atomic E-state index is 12.0. The van der Waals surface area contributed by atoms with Crippen molar-refractivity contribution in [3.8, 4) is 17.4 Å². The van der Waals surface area contributed by atoms with Crippen molar-refractivity contribution in [2.45, 2.75) is 13.5 Å². The first kappa shape index (κ1) is 19.2. The highest BCUT2D eigenvalue weighted by molar-refractivity contribution is 5.91. The van der Waals surface area contributed by atoms with E-state index >= 15 is 0 Å². The molecule has 1 amide bonds. The number of nitrogens with zero attached hydrogens (tertiary/aromatic N) is 1. The van der Waals surface area contributed by atoms with Gasteiger partial charge in [-0.1, -0.05) is 30.3 Å². The average Bonchev–Trinajstić information content (AvgIpc) is 2.73. The predicted octanol–water partition coefficient (Wildman–Crippen LogP) is 4.60. The summed E-state index contributed by atoms with van der Waals surface area (Å²) in [6, 6.07) is 20.7. The molecule has 2 aromatic carbocycles. The van der Waals surface area contributed by atoms with Crippen molar-refractivity contribution in [1.82, 2.24) is 10.3 Å². The van der Waals surface area contributed by atoms with Gasteiger partial charge < -0.3 is 14.8 Å². The summed E-state index contributed by atoms with van der Waals surface area (Å²) in [5, 5.41) is 2.86. The van der Waals surface area contributed by atoms with Gasteiger partial charge in [0.2, 0.25) is 11.8 Å². The molecule has 0 bridgehead atoms. The molecule has 1 heterocycles. The SMILES string of the molecule is CCOc1ccc(Oc2cc(CNC(=O)/C=C/c3ccccc3)ccn2)cc1. The standard InChI is InChI=1S/C23H22N2O3/c1-2-27-20-9-11-21(12-10-20)28-23-16-19(14-15-24-23)17-25-22(26)13-8-18-6-4-3-5-7-18/h3-16H,2,17H2,1H3,(H,25,26)/b13-8+. The summed E-state index contributed by atoms with van der Waals surface area (Å²) in [4.78, 5) is 16.2. The van der Waals surface area contributed by atoms with E-state index in [0.29, 0.717) is 24.8 Å². The lowest BCUT2D eigenvalue weighted by Crippen LogP contribution is -2.20. The third-order valence-electron chi connectivity index (χ3n) is 3.85. The molecule has 0 fully saturated rings. The first-order chi connectivity index (χ1) is 13.7. The van der Waals surface area contributed by atoms with Crippen molar-refractivity contribution in [3.63, 3.8) is 0 Å². The second kappa shape index (κ2) is 9.92. The first-order valence-electron chi connectivity index (χ1n) is 9.09. The number of rotatable bonds is 8. The van der Waals surface area contributed by atoms with Crippen LogP contribution in [0, 0.1) is 0 Å². The first-order valence-corrected chi connectivity index (χ1v) is 9.09.